The summed E-state index contributed by atoms with van der Waals surface area (Å²) in [6, 6.07) is 13.9. The molecular weight excluding hydrogens is 383 g/mol. The molecule has 1 N–H and O–H groups in total. The van der Waals surface area contributed by atoms with Gasteiger partial charge < -0.3 is 15.0 Å². The number of rotatable bonds is 5. The van der Waals surface area contributed by atoms with E-state index in [9.17, 15) is 9.18 Å². The molecular formula is C23H23FN4O2. The summed E-state index contributed by atoms with van der Waals surface area (Å²) in [4.78, 5) is 22.7. The lowest BCUT2D eigenvalue weighted by Gasteiger charge is -2.36. The van der Waals surface area contributed by atoms with Crippen molar-refractivity contribution in [3.63, 3.8) is 0 Å². The maximum atomic E-state index is 13.1. The highest BCUT2D eigenvalue weighted by atomic mass is 19.1. The molecule has 7 heteroatoms. The quantitative estimate of drug-likeness (QED) is 0.485. The van der Waals surface area contributed by atoms with Gasteiger partial charge in [0.1, 0.15) is 17.4 Å². The molecule has 3 aromatic rings. The molecule has 1 aromatic heterocycles. The van der Waals surface area contributed by atoms with E-state index >= 15 is 0 Å². The number of hydrogen-bond acceptors (Lipinski definition) is 6. The Labute approximate surface area is 174 Å². The molecule has 4 rings (SSSR count). The molecule has 0 aliphatic carbocycles. The Kier molecular flexibility index (Phi) is 5.61. The molecule has 0 saturated carbocycles. The lowest BCUT2D eigenvalue weighted by Crippen LogP contribution is -2.34. The number of carbonyl (C=O) groups excluding carboxylic acids is 1. The van der Waals surface area contributed by atoms with Crippen molar-refractivity contribution in [3.05, 3.63) is 71.7 Å². The lowest BCUT2D eigenvalue weighted by atomic mass is 9.93. The number of carbonyl (C=O) groups is 1. The molecule has 2 aromatic carbocycles. The Morgan fingerprint density at radius 2 is 2.03 bits per heavy atom. The summed E-state index contributed by atoms with van der Waals surface area (Å²) >= 11 is 0. The molecule has 30 heavy (non-hydrogen) atoms. The summed E-state index contributed by atoms with van der Waals surface area (Å²) in [5.74, 6) is 1.34. The highest BCUT2D eigenvalue weighted by Crippen LogP contribution is 2.34. The molecule has 2 heterocycles. The minimum absolute atomic E-state index is 0.109. The summed E-state index contributed by atoms with van der Waals surface area (Å²) in [7, 11) is 0. The van der Waals surface area contributed by atoms with Gasteiger partial charge in [0.25, 0.3) is 0 Å². The second-order valence-corrected chi connectivity index (χ2v) is 7.18. The third-order valence-electron chi connectivity index (χ3n) is 5.21. The number of nitrogens with zero attached hydrogens (tertiary/aromatic N) is 3. The van der Waals surface area contributed by atoms with Gasteiger partial charge >= 0.3 is 5.97 Å². The van der Waals surface area contributed by atoms with Crippen LogP contribution in [-0.2, 0) is 11.2 Å². The van der Waals surface area contributed by atoms with Crippen molar-refractivity contribution >= 4 is 23.4 Å². The molecule has 1 atom stereocenters. The number of ether oxygens (including phenoxy) is 1. The second kappa shape index (κ2) is 8.49. The highest BCUT2D eigenvalue weighted by molar-refractivity contribution is 5.72. The molecule has 0 bridgehead atoms. The zero-order valence-electron chi connectivity index (χ0n) is 16.9. The Bertz CT molecular complexity index is 1060. The predicted molar refractivity (Wildman–Crippen MR) is 114 cm³/mol. The zero-order chi connectivity index (χ0) is 21.1. The molecule has 0 radical (unpaired) electrons. The molecule has 0 amide bonds. The van der Waals surface area contributed by atoms with Crippen LogP contribution in [0.1, 0.15) is 37.4 Å². The average molecular weight is 406 g/mol. The van der Waals surface area contributed by atoms with Crippen LogP contribution < -0.4 is 15.0 Å². The van der Waals surface area contributed by atoms with Crippen LogP contribution in [0.15, 0.2) is 54.7 Å². The van der Waals surface area contributed by atoms with E-state index in [0.29, 0.717) is 18.1 Å². The molecule has 1 aliphatic heterocycles. The fourth-order valence-electron chi connectivity index (χ4n) is 3.62. The van der Waals surface area contributed by atoms with E-state index in [4.69, 9.17) is 4.74 Å². The SMILES string of the molecule is CCC(=O)Oc1ccc2c(c1)CCN(c1ccnc(Nc3ccc(F)cc3)n1)C2C. The normalized spacial score (nSPS) is 15.4. The number of aromatic nitrogens is 2. The number of fused-ring (bicyclic) bond motifs is 1. The van der Waals surface area contributed by atoms with Crippen molar-refractivity contribution in [2.75, 3.05) is 16.8 Å². The van der Waals surface area contributed by atoms with Crippen LogP contribution in [0, 0.1) is 5.82 Å². The number of nitrogens with one attached hydrogen (secondary N) is 1. The van der Waals surface area contributed by atoms with Gasteiger partial charge in [-0.2, -0.15) is 4.98 Å². The van der Waals surface area contributed by atoms with Crippen LogP contribution in [0.3, 0.4) is 0 Å². The standard InChI is InChI=1S/C23H23FN4O2/c1-3-22(29)30-19-8-9-20-15(2)28(13-11-16(20)14-19)21-10-12-25-23(27-21)26-18-6-4-17(24)5-7-18/h4-10,12,14-15H,3,11,13H2,1-2H3,(H,25,26,27). The zero-order valence-corrected chi connectivity index (χ0v) is 16.9. The fourth-order valence-corrected chi connectivity index (χ4v) is 3.62. The number of benzene rings is 2. The van der Waals surface area contributed by atoms with Gasteiger partial charge in [-0.1, -0.05) is 13.0 Å². The molecule has 0 spiro atoms. The van der Waals surface area contributed by atoms with Crippen LogP contribution >= 0.6 is 0 Å². The summed E-state index contributed by atoms with van der Waals surface area (Å²) < 4.78 is 18.5. The van der Waals surface area contributed by atoms with Crippen molar-refractivity contribution in [1.29, 1.82) is 0 Å². The molecule has 1 aliphatic rings. The van der Waals surface area contributed by atoms with Gasteiger partial charge in [0.2, 0.25) is 5.95 Å². The summed E-state index contributed by atoms with van der Waals surface area (Å²) in [6.45, 7) is 4.69. The van der Waals surface area contributed by atoms with E-state index in [2.05, 4.69) is 27.1 Å². The Hall–Kier alpha value is -3.48. The van der Waals surface area contributed by atoms with Gasteiger partial charge in [0.05, 0.1) is 6.04 Å². The maximum Gasteiger partial charge on any atom is 0.310 e. The van der Waals surface area contributed by atoms with E-state index in [0.717, 1.165) is 24.5 Å². The first-order valence-electron chi connectivity index (χ1n) is 9.99. The Morgan fingerprint density at radius 3 is 2.80 bits per heavy atom. The van der Waals surface area contributed by atoms with Crippen LogP contribution in [-0.4, -0.2) is 22.5 Å². The maximum absolute atomic E-state index is 13.1. The highest BCUT2D eigenvalue weighted by Gasteiger charge is 2.25. The van der Waals surface area contributed by atoms with Gasteiger partial charge in [-0.15, -0.1) is 0 Å². The minimum atomic E-state index is -0.288. The largest absolute Gasteiger partial charge is 0.427 e. The fraction of sp³-hybridized carbons (Fsp3) is 0.261. The first-order chi connectivity index (χ1) is 14.5. The monoisotopic (exact) mass is 406 g/mol. The minimum Gasteiger partial charge on any atom is -0.427 e. The number of hydrogen-bond donors (Lipinski definition) is 1. The van der Waals surface area contributed by atoms with Gasteiger partial charge in [-0.25, -0.2) is 9.37 Å². The van der Waals surface area contributed by atoms with E-state index in [1.807, 2.05) is 24.3 Å². The van der Waals surface area contributed by atoms with Gasteiger partial charge in [-0.05, 0) is 66.9 Å². The molecule has 1 unspecified atom stereocenters. The number of anilines is 3. The topological polar surface area (TPSA) is 67.3 Å². The van der Waals surface area contributed by atoms with Crippen molar-refractivity contribution in [3.8, 4) is 5.75 Å². The van der Waals surface area contributed by atoms with Crippen LogP contribution in [0.2, 0.25) is 0 Å². The third kappa shape index (κ3) is 4.25. The number of esters is 1. The lowest BCUT2D eigenvalue weighted by molar-refractivity contribution is -0.134. The Balaban J connectivity index is 1.53. The Morgan fingerprint density at radius 1 is 1.23 bits per heavy atom. The predicted octanol–water partition coefficient (Wildman–Crippen LogP) is 4.80. The van der Waals surface area contributed by atoms with Crippen molar-refractivity contribution in [2.45, 2.75) is 32.7 Å². The van der Waals surface area contributed by atoms with Gasteiger partial charge in [0, 0.05) is 24.8 Å². The second-order valence-electron chi connectivity index (χ2n) is 7.18. The van der Waals surface area contributed by atoms with Crippen molar-refractivity contribution < 1.29 is 13.9 Å². The van der Waals surface area contributed by atoms with E-state index < -0.39 is 0 Å². The molecule has 0 saturated heterocycles. The third-order valence-corrected chi connectivity index (χ3v) is 5.21. The van der Waals surface area contributed by atoms with Crippen LogP contribution in [0.25, 0.3) is 0 Å². The first-order valence-corrected chi connectivity index (χ1v) is 9.99. The van der Waals surface area contributed by atoms with E-state index in [-0.39, 0.29) is 17.8 Å². The number of halogens is 1. The summed E-state index contributed by atoms with van der Waals surface area (Å²) in [5, 5.41) is 3.11. The molecule has 0 fully saturated rings. The van der Waals surface area contributed by atoms with Crippen LogP contribution in [0.5, 0.6) is 5.75 Å². The molecule has 154 valence electrons. The van der Waals surface area contributed by atoms with E-state index in [1.165, 1.54) is 23.3 Å². The first kappa shape index (κ1) is 19.8. The van der Waals surface area contributed by atoms with Gasteiger partial charge in [-0.3, -0.25) is 4.79 Å². The average Bonchev–Trinajstić information content (AvgIpc) is 2.76. The summed E-state index contributed by atoms with van der Waals surface area (Å²) in [6.07, 6.45) is 2.88. The summed E-state index contributed by atoms with van der Waals surface area (Å²) in [5.41, 5.74) is 3.09. The molecule has 6 nitrogen and oxygen atoms in total. The van der Waals surface area contributed by atoms with Crippen molar-refractivity contribution in [2.24, 2.45) is 0 Å². The van der Waals surface area contributed by atoms with E-state index in [1.54, 1.807) is 25.3 Å². The van der Waals surface area contributed by atoms with Crippen LogP contribution in [0.4, 0.5) is 21.8 Å². The van der Waals surface area contributed by atoms with Gasteiger partial charge in [0.15, 0.2) is 0 Å². The smallest absolute Gasteiger partial charge is 0.310 e. The van der Waals surface area contributed by atoms with Crippen molar-refractivity contribution in [1.82, 2.24) is 9.97 Å².